The van der Waals surface area contributed by atoms with Crippen LogP contribution in [0.5, 0.6) is 0 Å². The van der Waals surface area contributed by atoms with Crippen LogP contribution >= 0.6 is 34.5 Å². The fraction of sp³-hybridized carbons (Fsp3) is 0.0769. The third-order valence-corrected chi connectivity index (χ3v) is 4.25. The molecule has 0 aliphatic heterocycles. The molecule has 2 aromatic heterocycles. The van der Waals surface area contributed by atoms with E-state index in [1.807, 2.05) is 30.3 Å². The second kappa shape index (κ2) is 5.83. The Hall–Kier alpha value is -1.56. The van der Waals surface area contributed by atoms with Crippen molar-refractivity contribution in [3.8, 4) is 5.69 Å². The molecule has 0 saturated carbocycles. The fourth-order valence-electron chi connectivity index (χ4n) is 1.84. The highest BCUT2D eigenvalue weighted by Gasteiger charge is 2.10. The molecule has 0 bridgehead atoms. The van der Waals surface area contributed by atoms with Gasteiger partial charge < -0.3 is 5.32 Å². The molecule has 3 rings (SSSR count). The number of hydrogen-bond donors (Lipinski definition) is 1. The van der Waals surface area contributed by atoms with Crippen molar-refractivity contribution in [2.45, 2.75) is 6.54 Å². The molecule has 0 amide bonds. The topological polar surface area (TPSA) is 42.7 Å². The number of nitrogens with one attached hydrogen (secondary N) is 1. The lowest BCUT2D eigenvalue weighted by atomic mass is 10.2. The van der Waals surface area contributed by atoms with Gasteiger partial charge >= 0.3 is 0 Å². The zero-order valence-corrected chi connectivity index (χ0v) is 12.6. The van der Waals surface area contributed by atoms with Gasteiger partial charge in [0.1, 0.15) is 18.3 Å². The van der Waals surface area contributed by atoms with Crippen LogP contribution in [0.1, 0.15) is 4.88 Å². The summed E-state index contributed by atoms with van der Waals surface area (Å²) in [5, 5.41) is 8.10. The molecule has 4 nitrogen and oxygen atoms in total. The Morgan fingerprint density at radius 1 is 1.20 bits per heavy atom. The average molecular weight is 325 g/mol. The largest absolute Gasteiger partial charge is 0.378 e. The predicted molar refractivity (Wildman–Crippen MR) is 83.0 cm³/mol. The minimum Gasteiger partial charge on any atom is -0.378 e. The highest BCUT2D eigenvalue weighted by atomic mass is 35.5. The van der Waals surface area contributed by atoms with Gasteiger partial charge in [-0.1, -0.05) is 29.3 Å². The van der Waals surface area contributed by atoms with E-state index in [4.69, 9.17) is 23.2 Å². The minimum absolute atomic E-state index is 0.615. The first kappa shape index (κ1) is 13.4. The fourth-order valence-corrected chi connectivity index (χ4v) is 3.13. The number of anilines is 1. The third-order valence-electron chi connectivity index (χ3n) is 2.72. The summed E-state index contributed by atoms with van der Waals surface area (Å²) in [5.74, 6) is 0. The van der Waals surface area contributed by atoms with E-state index < -0.39 is 0 Å². The first-order chi connectivity index (χ1) is 9.74. The lowest BCUT2D eigenvalue weighted by Crippen LogP contribution is -2.04. The van der Waals surface area contributed by atoms with Gasteiger partial charge in [-0.25, -0.2) is 9.67 Å². The molecule has 0 atom stereocenters. The normalized spacial score (nSPS) is 10.7. The van der Waals surface area contributed by atoms with Crippen LogP contribution in [0.4, 0.5) is 5.69 Å². The van der Waals surface area contributed by atoms with Gasteiger partial charge in [0.25, 0.3) is 0 Å². The predicted octanol–water partition coefficient (Wildman–Crippen LogP) is 4.25. The second-order valence-corrected chi connectivity index (χ2v) is 6.24. The van der Waals surface area contributed by atoms with Crippen molar-refractivity contribution in [2.75, 3.05) is 5.32 Å². The van der Waals surface area contributed by atoms with E-state index in [0.717, 1.165) is 20.6 Å². The Kier molecular flexibility index (Phi) is 3.91. The van der Waals surface area contributed by atoms with Crippen molar-refractivity contribution in [3.05, 3.63) is 57.2 Å². The number of nitrogens with zero attached hydrogens (tertiary/aromatic N) is 3. The number of hydrogen-bond acceptors (Lipinski definition) is 4. The lowest BCUT2D eigenvalue weighted by Gasteiger charge is -2.12. The summed E-state index contributed by atoms with van der Waals surface area (Å²) in [5.41, 5.74) is 1.68. The van der Waals surface area contributed by atoms with Crippen LogP contribution in [0.25, 0.3) is 5.69 Å². The van der Waals surface area contributed by atoms with Gasteiger partial charge in [-0.2, -0.15) is 5.10 Å². The molecule has 0 aliphatic rings. The van der Waals surface area contributed by atoms with Crippen LogP contribution in [0.2, 0.25) is 9.36 Å². The first-order valence-corrected chi connectivity index (χ1v) is 7.43. The second-order valence-electron chi connectivity index (χ2n) is 4.04. The molecule has 102 valence electrons. The molecule has 20 heavy (non-hydrogen) atoms. The molecule has 2 heterocycles. The summed E-state index contributed by atoms with van der Waals surface area (Å²) in [6.07, 6.45) is 3.10. The van der Waals surface area contributed by atoms with Crippen molar-refractivity contribution in [2.24, 2.45) is 0 Å². The van der Waals surface area contributed by atoms with Crippen molar-refractivity contribution in [1.82, 2.24) is 14.8 Å². The zero-order valence-electron chi connectivity index (χ0n) is 10.3. The highest BCUT2D eigenvalue weighted by Crippen LogP contribution is 2.29. The summed E-state index contributed by atoms with van der Waals surface area (Å²) in [7, 11) is 0. The smallest absolute Gasteiger partial charge is 0.138 e. The van der Waals surface area contributed by atoms with E-state index in [1.165, 1.54) is 6.33 Å². The Balaban J connectivity index is 1.88. The minimum atomic E-state index is 0.615. The van der Waals surface area contributed by atoms with Crippen LogP contribution in [0.3, 0.4) is 0 Å². The number of aromatic nitrogens is 3. The molecule has 0 aliphatic carbocycles. The summed E-state index contributed by atoms with van der Waals surface area (Å²) in [4.78, 5) is 5.10. The number of thiophene rings is 1. The van der Waals surface area contributed by atoms with Gasteiger partial charge in [0.2, 0.25) is 0 Å². The standard InChI is InChI=1S/C13H10Cl2N4S/c14-10-2-1-3-11(13(10)19-8-16-7-18-19)17-6-9-4-5-12(15)20-9/h1-5,7-8,17H,6H2. The van der Waals surface area contributed by atoms with Crippen LogP contribution in [0, 0.1) is 0 Å². The van der Waals surface area contributed by atoms with Crippen LogP contribution in [-0.2, 0) is 6.54 Å². The average Bonchev–Trinajstić information content (AvgIpc) is 3.08. The highest BCUT2D eigenvalue weighted by molar-refractivity contribution is 7.16. The van der Waals surface area contributed by atoms with E-state index in [9.17, 15) is 0 Å². The molecule has 0 unspecified atom stereocenters. The van der Waals surface area contributed by atoms with Crippen LogP contribution in [-0.4, -0.2) is 14.8 Å². The number of para-hydroxylation sites is 1. The molecule has 3 aromatic rings. The van der Waals surface area contributed by atoms with Gasteiger partial charge in [0.15, 0.2) is 0 Å². The van der Waals surface area contributed by atoms with Crippen LogP contribution in [0.15, 0.2) is 43.0 Å². The molecule has 0 saturated heterocycles. The van der Waals surface area contributed by atoms with Gasteiger partial charge in [-0.3, -0.25) is 0 Å². The molecule has 7 heteroatoms. The summed E-state index contributed by atoms with van der Waals surface area (Å²) < 4.78 is 2.43. The number of halogens is 2. The summed E-state index contributed by atoms with van der Waals surface area (Å²) >= 11 is 13.7. The van der Waals surface area contributed by atoms with Crippen molar-refractivity contribution in [3.63, 3.8) is 0 Å². The van der Waals surface area contributed by atoms with E-state index in [-0.39, 0.29) is 0 Å². The Bertz CT molecular complexity index is 709. The zero-order chi connectivity index (χ0) is 13.9. The maximum absolute atomic E-state index is 6.26. The SMILES string of the molecule is Clc1ccc(CNc2cccc(Cl)c2-n2cncn2)s1. The van der Waals surface area contributed by atoms with Gasteiger partial charge in [-0.05, 0) is 24.3 Å². The van der Waals surface area contributed by atoms with Crippen molar-refractivity contribution < 1.29 is 0 Å². The Morgan fingerprint density at radius 3 is 2.80 bits per heavy atom. The van der Waals surface area contributed by atoms with Crippen LogP contribution < -0.4 is 5.32 Å². The van der Waals surface area contributed by atoms with E-state index in [2.05, 4.69) is 15.4 Å². The van der Waals surface area contributed by atoms with Crippen molar-refractivity contribution >= 4 is 40.2 Å². The molecule has 0 fully saturated rings. The summed E-state index contributed by atoms with van der Waals surface area (Å²) in [6.45, 7) is 0.680. The molecule has 1 aromatic carbocycles. The molecule has 1 N–H and O–H groups in total. The Labute approximate surface area is 130 Å². The third kappa shape index (κ3) is 2.80. The van der Waals surface area contributed by atoms with Crippen molar-refractivity contribution in [1.29, 1.82) is 0 Å². The molecule has 0 spiro atoms. The maximum Gasteiger partial charge on any atom is 0.138 e. The molecule has 0 radical (unpaired) electrons. The molecular weight excluding hydrogens is 315 g/mol. The Morgan fingerprint density at radius 2 is 2.10 bits per heavy atom. The number of rotatable bonds is 4. The maximum atomic E-state index is 6.26. The van der Waals surface area contributed by atoms with E-state index >= 15 is 0 Å². The van der Waals surface area contributed by atoms with Gasteiger partial charge in [-0.15, -0.1) is 11.3 Å². The van der Waals surface area contributed by atoms with E-state index in [1.54, 1.807) is 22.3 Å². The monoisotopic (exact) mass is 324 g/mol. The summed E-state index contributed by atoms with van der Waals surface area (Å²) in [6, 6.07) is 9.57. The van der Waals surface area contributed by atoms with E-state index in [0.29, 0.717) is 11.6 Å². The lowest BCUT2D eigenvalue weighted by molar-refractivity contribution is 0.878. The van der Waals surface area contributed by atoms with Gasteiger partial charge in [0, 0.05) is 11.4 Å². The molecular formula is C13H10Cl2N4S. The van der Waals surface area contributed by atoms with Gasteiger partial charge in [0.05, 0.1) is 15.0 Å². The first-order valence-electron chi connectivity index (χ1n) is 5.85. The number of benzene rings is 1. The quantitative estimate of drug-likeness (QED) is 0.780.